The smallest absolute Gasteiger partial charge is 0.345 e. The van der Waals surface area contributed by atoms with Crippen LogP contribution >= 0.6 is 0 Å². The van der Waals surface area contributed by atoms with E-state index in [1.165, 1.54) is 5.56 Å². The molecular weight excluding hydrogens is 300 g/mol. The van der Waals surface area contributed by atoms with Gasteiger partial charge in [0.1, 0.15) is 5.75 Å². The Labute approximate surface area is 144 Å². The van der Waals surface area contributed by atoms with Gasteiger partial charge >= 0.3 is 5.97 Å². The molecule has 0 spiro atoms. The Morgan fingerprint density at radius 3 is 2.04 bits per heavy atom. The fourth-order valence-corrected chi connectivity index (χ4v) is 2.78. The number of carboxylic acids is 1. The first-order chi connectivity index (χ1) is 11.1. The van der Waals surface area contributed by atoms with Crippen LogP contribution in [0.3, 0.4) is 0 Å². The third-order valence-corrected chi connectivity index (χ3v) is 3.98. The second-order valence-corrected chi connectivity index (χ2v) is 7.42. The van der Waals surface area contributed by atoms with E-state index in [9.17, 15) is 9.90 Å². The van der Waals surface area contributed by atoms with Crippen molar-refractivity contribution < 1.29 is 14.6 Å². The molecule has 0 fully saturated rings. The Bertz CT molecular complexity index is 689. The summed E-state index contributed by atoms with van der Waals surface area (Å²) in [6.45, 7) is 10.5. The molecule has 0 aliphatic carbocycles. The largest absolute Gasteiger partial charge is 0.478 e. The van der Waals surface area contributed by atoms with Gasteiger partial charge in [0.2, 0.25) is 0 Å². The average Bonchev–Trinajstić information content (AvgIpc) is 2.45. The molecule has 0 aliphatic rings. The van der Waals surface area contributed by atoms with Crippen molar-refractivity contribution in [1.29, 1.82) is 0 Å². The summed E-state index contributed by atoms with van der Waals surface area (Å²) in [5, 5.41) is 9.49. The molecule has 24 heavy (non-hydrogen) atoms. The van der Waals surface area contributed by atoms with Crippen molar-refractivity contribution in [2.24, 2.45) is 0 Å². The van der Waals surface area contributed by atoms with Gasteiger partial charge in [0.15, 0.2) is 6.10 Å². The summed E-state index contributed by atoms with van der Waals surface area (Å²) in [6.07, 6.45) is -0.550. The SMILES string of the molecule is Cc1cc(C)cc(CC(Oc2ccc(C(C)(C)C)cc2)C(=O)O)c1. The van der Waals surface area contributed by atoms with E-state index in [0.717, 1.165) is 16.7 Å². The summed E-state index contributed by atoms with van der Waals surface area (Å²) < 4.78 is 5.73. The lowest BCUT2D eigenvalue weighted by molar-refractivity contribution is -0.145. The van der Waals surface area contributed by atoms with Crippen LogP contribution in [0.5, 0.6) is 5.75 Å². The molecule has 0 aliphatic heterocycles. The molecule has 3 heteroatoms. The van der Waals surface area contributed by atoms with E-state index >= 15 is 0 Å². The van der Waals surface area contributed by atoms with E-state index in [0.29, 0.717) is 12.2 Å². The van der Waals surface area contributed by atoms with E-state index in [1.807, 2.05) is 50.2 Å². The van der Waals surface area contributed by atoms with Crippen molar-refractivity contribution >= 4 is 5.97 Å². The van der Waals surface area contributed by atoms with Crippen LogP contribution in [-0.2, 0) is 16.6 Å². The first-order valence-corrected chi connectivity index (χ1v) is 8.22. The summed E-state index contributed by atoms with van der Waals surface area (Å²) in [5.74, 6) is -0.367. The van der Waals surface area contributed by atoms with Gasteiger partial charge in [0, 0.05) is 6.42 Å². The number of ether oxygens (including phenoxy) is 1. The van der Waals surface area contributed by atoms with Crippen LogP contribution in [0.1, 0.15) is 43.0 Å². The Hall–Kier alpha value is -2.29. The van der Waals surface area contributed by atoms with Gasteiger partial charge < -0.3 is 9.84 Å². The molecular formula is C21H26O3. The van der Waals surface area contributed by atoms with Gasteiger partial charge in [-0.15, -0.1) is 0 Å². The summed E-state index contributed by atoms with van der Waals surface area (Å²) in [6, 6.07) is 13.8. The van der Waals surface area contributed by atoms with Gasteiger partial charge in [0.25, 0.3) is 0 Å². The first-order valence-electron chi connectivity index (χ1n) is 8.22. The lowest BCUT2D eigenvalue weighted by atomic mass is 9.87. The topological polar surface area (TPSA) is 46.5 Å². The van der Waals surface area contributed by atoms with Crippen LogP contribution in [0.4, 0.5) is 0 Å². The third-order valence-electron chi connectivity index (χ3n) is 3.98. The van der Waals surface area contributed by atoms with Crippen LogP contribution in [0, 0.1) is 13.8 Å². The molecule has 0 amide bonds. The fraction of sp³-hybridized carbons (Fsp3) is 0.381. The number of aryl methyl sites for hydroxylation is 2. The van der Waals surface area contributed by atoms with Gasteiger partial charge in [-0.1, -0.05) is 62.2 Å². The maximum atomic E-state index is 11.6. The molecule has 1 atom stereocenters. The second kappa shape index (κ2) is 7.08. The zero-order valence-corrected chi connectivity index (χ0v) is 15.1. The number of hydrogen-bond acceptors (Lipinski definition) is 2. The minimum Gasteiger partial charge on any atom is -0.478 e. The van der Waals surface area contributed by atoms with Crippen LogP contribution in [0.25, 0.3) is 0 Å². The zero-order chi connectivity index (χ0) is 17.9. The van der Waals surface area contributed by atoms with E-state index in [2.05, 4.69) is 26.8 Å². The molecule has 0 heterocycles. The van der Waals surface area contributed by atoms with Crippen molar-refractivity contribution in [3.8, 4) is 5.75 Å². The van der Waals surface area contributed by atoms with Gasteiger partial charge in [-0.2, -0.15) is 0 Å². The maximum absolute atomic E-state index is 11.6. The van der Waals surface area contributed by atoms with E-state index < -0.39 is 12.1 Å². The minimum absolute atomic E-state index is 0.0593. The van der Waals surface area contributed by atoms with Crippen molar-refractivity contribution in [3.63, 3.8) is 0 Å². The maximum Gasteiger partial charge on any atom is 0.345 e. The van der Waals surface area contributed by atoms with Crippen LogP contribution in [0.2, 0.25) is 0 Å². The third kappa shape index (κ3) is 4.85. The average molecular weight is 326 g/mol. The highest BCUT2D eigenvalue weighted by Gasteiger charge is 2.21. The summed E-state index contributed by atoms with van der Waals surface area (Å²) >= 11 is 0. The van der Waals surface area contributed by atoms with Gasteiger partial charge in [-0.05, 0) is 42.5 Å². The monoisotopic (exact) mass is 326 g/mol. The van der Waals surface area contributed by atoms with Crippen LogP contribution in [-0.4, -0.2) is 17.2 Å². The lowest BCUT2D eigenvalue weighted by Crippen LogP contribution is -2.29. The predicted molar refractivity (Wildman–Crippen MR) is 96.8 cm³/mol. The van der Waals surface area contributed by atoms with E-state index in [1.54, 1.807) is 0 Å². The molecule has 0 saturated carbocycles. The van der Waals surface area contributed by atoms with Crippen molar-refractivity contribution in [1.82, 2.24) is 0 Å². The van der Waals surface area contributed by atoms with Crippen molar-refractivity contribution in [3.05, 3.63) is 64.7 Å². The highest BCUT2D eigenvalue weighted by molar-refractivity contribution is 5.73. The Morgan fingerprint density at radius 1 is 1.04 bits per heavy atom. The van der Waals surface area contributed by atoms with Crippen molar-refractivity contribution in [2.45, 2.75) is 52.6 Å². The van der Waals surface area contributed by atoms with E-state index in [-0.39, 0.29) is 5.41 Å². The van der Waals surface area contributed by atoms with Crippen molar-refractivity contribution in [2.75, 3.05) is 0 Å². The summed E-state index contributed by atoms with van der Waals surface area (Å²) in [7, 11) is 0. The molecule has 1 N–H and O–H groups in total. The number of rotatable bonds is 5. The highest BCUT2D eigenvalue weighted by atomic mass is 16.5. The molecule has 1 unspecified atom stereocenters. The molecule has 3 nitrogen and oxygen atoms in total. The number of carbonyl (C=O) groups is 1. The summed E-state index contributed by atoms with van der Waals surface area (Å²) in [4.78, 5) is 11.6. The number of aliphatic carboxylic acids is 1. The Morgan fingerprint density at radius 2 is 1.58 bits per heavy atom. The quantitative estimate of drug-likeness (QED) is 0.868. The zero-order valence-electron chi connectivity index (χ0n) is 15.1. The van der Waals surface area contributed by atoms with Gasteiger partial charge in [0.05, 0.1) is 0 Å². The summed E-state index contributed by atoms with van der Waals surface area (Å²) in [5.41, 5.74) is 4.48. The standard InChI is InChI=1S/C21H26O3/c1-14-10-15(2)12-16(11-14)13-19(20(22)23)24-18-8-6-17(7-9-18)21(3,4)5/h6-12,19H,13H2,1-5H3,(H,22,23). The van der Waals surface area contributed by atoms with Crippen LogP contribution < -0.4 is 4.74 Å². The second-order valence-electron chi connectivity index (χ2n) is 7.42. The first kappa shape index (κ1) is 18.1. The number of benzene rings is 2. The van der Waals surface area contributed by atoms with Crippen LogP contribution in [0.15, 0.2) is 42.5 Å². The molecule has 0 aromatic heterocycles. The molecule has 0 bridgehead atoms. The molecule has 128 valence electrons. The molecule has 0 radical (unpaired) electrons. The predicted octanol–water partition coefficient (Wildman–Crippen LogP) is 4.68. The van der Waals surface area contributed by atoms with E-state index in [4.69, 9.17) is 4.74 Å². The Kier molecular flexibility index (Phi) is 5.33. The molecule has 2 rings (SSSR count). The minimum atomic E-state index is -0.950. The molecule has 2 aromatic carbocycles. The van der Waals surface area contributed by atoms with Gasteiger partial charge in [-0.25, -0.2) is 4.79 Å². The fourth-order valence-electron chi connectivity index (χ4n) is 2.78. The molecule has 2 aromatic rings. The normalized spacial score (nSPS) is 12.7. The lowest BCUT2D eigenvalue weighted by Gasteiger charge is -2.20. The number of hydrogen-bond donors (Lipinski definition) is 1. The Balaban J connectivity index is 2.15. The van der Waals surface area contributed by atoms with Gasteiger partial charge in [-0.3, -0.25) is 0 Å². The highest BCUT2D eigenvalue weighted by Crippen LogP contribution is 2.25. The molecule has 0 saturated heterocycles. The number of carboxylic acid groups (broad SMARTS) is 1.